The number of aromatic nitrogens is 2. The van der Waals surface area contributed by atoms with Crippen LogP contribution in [0.5, 0.6) is 0 Å². The average Bonchev–Trinajstić information content (AvgIpc) is 2.99. The van der Waals surface area contributed by atoms with E-state index < -0.39 is 0 Å². The Morgan fingerprint density at radius 1 is 1.38 bits per heavy atom. The summed E-state index contributed by atoms with van der Waals surface area (Å²) in [6, 6.07) is 1.92. The topological polar surface area (TPSA) is 49.8 Å². The third kappa shape index (κ3) is 2.31. The van der Waals surface area contributed by atoms with Gasteiger partial charge in [0.2, 0.25) is 0 Å². The second kappa shape index (κ2) is 3.60. The highest BCUT2D eigenvalue weighted by Gasteiger charge is 2.20. The van der Waals surface area contributed by atoms with Crippen LogP contribution in [0.2, 0.25) is 0 Å². The van der Waals surface area contributed by atoms with E-state index in [0.717, 1.165) is 24.1 Å². The molecule has 1 aromatic rings. The molecule has 1 heterocycles. The molecule has 1 saturated carbocycles. The number of hydrogen-bond acceptors (Lipinski definition) is 4. The smallest absolute Gasteiger partial charge is 0.131 e. The van der Waals surface area contributed by atoms with E-state index in [4.69, 9.17) is 0 Å². The van der Waals surface area contributed by atoms with E-state index in [1.165, 1.54) is 12.8 Å². The zero-order valence-electron chi connectivity index (χ0n) is 7.75. The molecule has 0 bridgehead atoms. The van der Waals surface area contributed by atoms with E-state index in [1.807, 2.05) is 13.1 Å². The van der Waals surface area contributed by atoms with Crippen molar-refractivity contribution in [2.45, 2.75) is 12.8 Å². The van der Waals surface area contributed by atoms with Gasteiger partial charge in [-0.15, -0.1) is 0 Å². The molecule has 1 fully saturated rings. The van der Waals surface area contributed by atoms with E-state index >= 15 is 0 Å². The second-order valence-corrected chi connectivity index (χ2v) is 3.36. The standard InChI is InChI=1S/C9H14N4/c1-10-8-4-9(13-6-12-8)11-5-7-2-3-7/h4,6-7H,2-3,5H2,1H3,(H2,10,11,12,13). The van der Waals surface area contributed by atoms with Crippen molar-refractivity contribution in [1.29, 1.82) is 0 Å². The number of rotatable bonds is 4. The van der Waals surface area contributed by atoms with E-state index in [0.29, 0.717) is 0 Å². The molecule has 0 aliphatic heterocycles. The van der Waals surface area contributed by atoms with Crippen molar-refractivity contribution in [2.75, 3.05) is 24.2 Å². The van der Waals surface area contributed by atoms with Gasteiger partial charge in [0.25, 0.3) is 0 Å². The second-order valence-electron chi connectivity index (χ2n) is 3.36. The van der Waals surface area contributed by atoms with Crippen molar-refractivity contribution in [1.82, 2.24) is 9.97 Å². The third-order valence-electron chi connectivity index (χ3n) is 2.19. The quantitative estimate of drug-likeness (QED) is 0.730. The fourth-order valence-corrected chi connectivity index (χ4v) is 1.16. The Bertz CT molecular complexity index is 283. The van der Waals surface area contributed by atoms with Gasteiger partial charge in [0.15, 0.2) is 0 Å². The molecule has 1 aromatic heterocycles. The SMILES string of the molecule is CNc1cc(NCC2CC2)ncn1. The predicted molar refractivity (Wildman–Crippen MR) is 52.8 cm³/mol. The van der Waals surface area contributed by atoms with Gasteiger partial charge in [-0.3, -0.25) is 0 Å². The van der Waals surface area contributed by atoms with Crippen LogP contribution in [0.3, 0.4) is 0 Å². The largest absolute Gasteiger partial charge is 0.373 e. The summed E-state index contributed by atoms with van der Waals surface area (Å²) in [7, 11) is 1.85. The number of nitrogens with zero attached hydrogens (tertiary/aromatic N) is 2. The van der Waals surface area contributed by atoms with Crippen LogP contribution in [0.25, 0.3) is 0 Å². The maximum Gasteiger partial charge on any atom is 0.131 e. The molecule has 0 atom stereocenters. The van der Waals surface area contributed by atoms with Crippen molar-refractivity contribution in [2.24, 2.45) is 5.92 Å². The van der Waals surface area contributed by atoms with Gasteiger partial charge >= 0.3 is 0 Å². The molecule has 0 radical (unpaired) electrons. The zero-order valence-corrected chi connectivity index (χ0v) is 7.75. The molecule has 1 aliphatic carbocycles. The maximum atomic E-state index is 4.12. The van der Waals surface area contributed by atoms with Crippen LogP contribution in [0.4, 0.5) is 11.6 Å². The molecule has 0 amide bonds. The van der Waals surface area contributed by atoms with Crippen LogP contribution < -0.4 is 10.6 Å². The predicted octanol–water partition coefficient (Wildman–Crippen LogP) is 1.34. The van der Waals surface area contributed by atoms with E-state index in [1.54, 1.807) is 6.33 Å². The van der Waals surface area contributed by atoms with Gasteiger partial charge < -0.3 is 10.6 Å². The lowest BCUT2D eigenvalue weighted by atomic mass is 10.4. The van der Waals surface area contributed by atoms with Crippen molar-refractivity contribution >= 4 is 11.6 Å². The number of nitrogens with one attached hydrogen (secondary N) is 2. The first-order valence-corrected chi connectivity index (χ1v) is 4.62. The van der Waals surface area contributed by atoms with Crippen LogP contribution in [0.15, 0.2) is 12.4 Å². The first-order valence-electron chi connectivity index (χ1n) is 4.62. The van der Waals surface area contributed by atoms with Crippen molar-refractivity contribution < 1.29 is 0 Å². The summed E-state index contributed by atoms with van der Waals surface area (Å²) in [5, 5.41) is 6.27. The number of anilines is 2. The van der Waals surface area contributed by atoms with E-state index in [9.17, 15) is 0 Å². The molecule has 0 aromatic carbocycles. The molecule has 0 saturated heterocycles. The summed E-state index contributed by atoms with van der Waals surface area (Å²) in [5.41, 5.74) is 0. The Balaban J connectivity index is 1.93. The van der Waals surface area contributed by atoms with Crippen LogP contribution in [-0.4, -0.2) is 23.6 Å². The molecule has 0 unspecified atom stereocenters. The monoisotopic (exact) mass is 178 g/mol. The van der Waals surface area contributed by atoms with Gasteiger partial charge in [-0.25, -0.2) is 9.97 Å². The molecule has 4 nitrogen and oxygen atoms in total. The number of hydrogen-bond donors (Lipinski definition) is 2. The molecule has 0 spiro atoms. The molecule has 4 heteroatoms. The van der Waals surface area contributed by atoms with Crippen molar-refractivity contribution in [3.05, 3.63) is 12.4 Å². The van der Waals surface area contributed by atoms with Gasteiger partial charge in [0.05, 0.1) is 0 Å². The minimum absolute atomic E-state index is 0.855. The molecule has 13 heavy (non-hydrogen) atoms. The van der Waals surface area contributed by atoms with Gasteiger partial charge in [-0.1, -0.05) is 0 Å². The van der Waals surface area contributed by atoms with E-state index in [2.05, 4.69) is 20.6 Å². The minimum atomic E-state index is 0.855. The summed E-state index contributed by atoms with van der Waals surface area (Å²) in [4.78, 5) is 8.16. The summed E-state index contributed by atoms with van der Waals surface area (Å²) in [5.74, 6) is 2.63. The highest BCUT2D eigenvalue weighted by Crippen LogP contribution is 2.28. The summed E-state index contributed by atoms with van der Waals surface area (Å²) in [6.45, 7) is 1.04. The molecule has 2 N–H and O–H groups in total. The van der Waals surface area contributed by atoms with Crippen LogP contribution in [-0.2, 0) is 0 Å². The summed E-state index contributed by atoms with van der Waals surface area (Å²) < 4.78 is 0. The minimum Gasteiger partial charge on any atom is -0.373 e. The fraction of sp³-hybridized carbons (Fsp3) is 0.556. The van der Waals surface area contributed by atoms with Gasteiger partial charge in [0, 0.05) is 19.7 Å². The van der Waals surface area contributed by atoms with Crippen LogP contribution in [0.1, 0.15) is 12.8 Å². The molecular weight excluding hydrogens is 164 g/mol. The first kappa shape index (κ1) is 8.29. The first-order chi connectivity index (χ1) is 6.38. The van der Waals surface area contributed by atoms with Gasteiger partial charge in [0.1, 0.15) is 18.0 Å². The lowest BCUT2D eigenvalue weighted by molar-refractivity contribution is 0.881. The van der Waals surface area contributed by atoms with Crippen molar-refractivity contribution in [3.8, 4) is 0 Å². The molecule has 2 rings (SSSR count). The van der Waals surface area contributed by atoms with Crippen LogP contribution >= 0.6 is 0 Å². The lowest BCUT2D eigenvalue weighted by Crippen LogP contribution is -2.05. The van der Waals surface area contributed by atoms with E-state index in [-0.39, 0.29) is 0 Å². The Labute approximate surface area is 77.8 Å². The van der Waals surface area contributed by atoms with Gasteiger partial charge in [-0.2, -0.15) is 0 Å². The lowest BCUT2D eigenvalue weighted by Gasteiger charge is -2.04. The van der Waals surface area contributed by atoms with Crippen molar-refractivity contribution in [3.63, 3.8) is 0 Å². The summed E-state index contributed by atoms with van der Waals surface area (Å²) >= 11 is 0. The Kier molecular flexibility index (Phi) is 2.29. The maximum absolute atomic E-state index is 4.12. The Morgan fingerprint density at radius 3 is 2.85 bits per heavy atom. The molecular formula is C9H14N4. The zero-order chi connectivity index (χ0) is 9.10. The molecule has 1 aliphatic rings. The normalized spacial score (nSPS) is 15.5. The fourth-order valence-electron chi connectivity index (χ4n) is 1.16. The Hall–Kier alpha value is -1.32. The van der Waals surface area contributed by atoms with Crippen LogP contribution in [0, 0.1) is 5.92 Å². The third-order valence-corrected chi connectivity index (χ3v) is 2.19. The average molecular weight is 178 g/mol. The van der Waals surface area contributed by atoms with Gasteiger partial charge in [-0.05, 0) is 18.8 Å². The summed E-state index contributed by atoms with van der Waals surface area (Å²) in [6.07, 6.45) is 4.29. The highest BCUT2D eigenvalue weighted by molar-refractivity contribution is 5.45. The Morgan fingerprint density at radius 2 is 2.15 bits per heavy atom. The highest BCUT2D eigenvalue weighted by atomic mass is 15.1. The molecule has 70 valence electrons.